The maximum Gasteiger partial charge on any atom is 0.189 e. The van der Waals surface area contributed by atoms with Crippen LogP contribution in [0.3, 0.4) is 0 Å². The highest BCUT2D eigenvalue weighted by atomic mass is 79.9. The number of carbonyl (C=O) groups is 1. The summed E-state index contributed by atoms with van der Waals surface area (Å²) in [6.07, 6.45) is 6.43. The summed E-state index contributed by atoms with van der Waals surface area (Å²) < 4.78 is 0.906. The highest BCUT2D eigenvalue weighted by Crippen LogP contribution is 2.25. The zero-order chi connectivity index (χ0) is 11.5. The maximum absolute atomic E-state index is 12.2. The van der Waals surface area contributed by atoms with Crippen LogP contribution in [0.2, 0.25) is 0 Å². The Labute approximate surface area is 105 Å². The Bertz CT molecular complexity index is 446. The molecule has 84 valence electrons. The monoisotopic (exact) mass is 278 g/mol. The van der Waals surface area contributed by atoms with E-state index < -0.39 is 0 Å². The van der Waals surface area contributed by atoms with Crippen LogP contribution in [-0.4, -0.2) is 5.78 Å². The Morgan fingerprint density at radius 1 is 1.31 bits per heavy atom. The maximum atomic E-state index is 12.2. The minimum Gasteiger partial charge on any atom is -0.289 e. The molecular weight excluding hydrogens is 264 g/mol. The number of hydrogen-bond acceptors (Lipinski definition) is 1. The van der Waals surface area contributed by atoms with E-state index in [-0.39, 0.29) is 5.78 Å². The highest BCUT2D eigenvalue weighted by Gasteiger charge is 2.16. The summed E-state index contributed by atoms with van der Waals surface area (Å²) in [7, 11) is 0. The van der Waals surface area contributed by atoms with Gasteiger partial charge in [-0.1, -0.05) is 28.1 Å². The van der Waals surface area contributed by atoms with Gasteiger partial charge in [-0.25, -0.2) is 0 Å². The number of aryl methyl sites for hydroxylation is 1. The molecule has 0 aliphatic heterocycles. The van der Waals surface area contributed by atoms with Gasteiger partial charge in [-0.3, -0.25) is 4.79 Å². The van der Waals surface area contributed by atoms with E-state index in [1.54, 1.807) is 0 Å². The van der Waals surface area contributed by atoms with Crippen LogP contribution in [0.1, 0.15) is 41.6 Å². The number of hydrogen-bond donors (Lipinski definition) is 0. The molecule has 0 heterocycles. The molecule has 1 aliphatic carbocycles. The van der Waals surface area contributed by atoms with E-state index in [1.807, 2.05) is 25.1 Å². The van der Waals surface area contributed by atoms with Gasteiger partial charge in [0.2, 0.25) is 0 Å². The molecule has 1 aliphatic rings. The molecule has 0 amide bonds. The van der Waals surface area contributed by atoms with Crippen LogP contribution >= 0.6 is 15.9 Å². The van der Waals surface area contributed by atoms with E-state index in [1.165, 1.54) is 12.0 Å². The number of ketones is 1. The van der Waals surface area contributed by atoms with Crippen molar-refractivity contribution in [2.45, 2.75) is 32.6 Å². The lowest BCUT2D eigenvalue weighted by atomic mass is 9.93. The molecule has 0 saturated carbocycles. The zero-order valence-corrected chi connectivity index (χ0v) is 11.0. The summed E-state index contributed by atoms with van der Waals surface area (Å²) in [6.45, 7) is 2.03. The lowest BCUT2D eigenvalue weighted by molar-refractivity contribution is 0.102. The van der Waals surface area contributed by atoms with E-state index in [9.17, 15) is 4.79 Å². The molecule has 0 aromatic heterocycles. The molecule has 0 saturated heterocycles. The van der Waals surface area contributed by atoms with Gasteiger partial charge < -0.3 is 0 Å². The molecule has 1 aromatic carbocycles. The fraction of sp³-hybridized carbons (Fsp3) is 0.357. The molecule has 0 N–H and O–H groups in total. The first-order valence-corrected chi connectivity index (χ1v) is 6.47. The molecule has 0 fully saturated rings. The van der Waals surface area contributed by atoms with Crippen molar-refractivity contribution in [3.8, 4) is 0 Å². The number of halogens is 1. The molecule has 1 aromatic rings. The molecule has 16 heavy (non-hydrogen) atoms. The van der Waals surface area contributed by atoms with E-state index in [2.05, 4.69) is 22.0 Å². The van der Waals surface area contributed by atoms with Crippen molar-refractivity contribution in [3.63, 3.8) is 0 Å². The average molecular weight is 279 g/mol. The second-order valence-electron chi connectivity index (χ2n) is 4.29. The van der Waals surface area contributed by atoms with Gasteiger partial charge in [0.15, 0.2) is 5.78 Å². The predicted octanol–water partition coefficient (Wildman–Crippen LogP) is 4.44. The van der Waals surface area contributed by atoms with Crippen molar-refractivity contribution in [2.24, 2.45) is 0 Å². The molecule has 2 heteroatoms. The van der Waals surface area contributed by atoms with Crippen LogP contribution in [0.5, 0.6) is 0 Å². The SMILES string of the molecule is Cc1ccc(C(=O)C2=CCCCC2)c(Br)c1. The smallest absolute Gasteiger partial charge is 0.189 e. The average Bonchev–Trinajstić information content (AvgIpc) is 2.29. The van der Waals surface area contributed by atoms with Gasteiger partial charge in [0.05, 0.1) is 0 Å². The third-order valence-corrected chi connectivity index (χ3v) is 3.61. The van der Waals surface area contributed by atoms with Crippen molar-refractivity contribution in [1.82, 2.24) is 0 Å². The van der Waals surface area contributed by atoms with Gasteiger partial charge in [-0.15, -0.1) is 0 Å². The lowest BCUT2D eigenvalue weighted by Crippen LogP contribution is -2.07. The highest BCUT2D eigenvalue weighted by molar-refractivity contribution is 9.10. The molecule has 2 rings (SSSR count). The van der Waals surface area contributed by atoms with Gasteiger partial charge in [0, 0.05) is 10.0 Å². The third kappa shape index (κ3) is 2.43. The number of carbonyl (C=O) groups excluding carboxylic acids is 1. The fourth-order valence-electron chi connectivity index (χ4n) is 2.02. The molecular formula is C14H15BrO. The first-order chi connectivity index (χ1) is 7.68. The topological polar surface area (TPSA) is 17.1 Å². The van der Waals surface area contributed by atoms with E-state index in [0.29, 0.717) is 0 Å². The number of benzene rings is 1. The summed E-state index contributed by atoms with van der Waals surface area (Å²) >= 11 is 3.47. The second kappa shape index (κ2) is 4.96. The first-order valence-electron chi connectivity index (χ1n) is 5.68. The molecule has 0 unspecified atom stereocenters. The Kier molecular flexibility index (Phi) is 3.59. The lowest BCUT2D eigenvalue weighted by Gasteiger charge is -2.12. The Morgan fingerprint density at radius 3 is 2.75 bits per heavy atom. The zero-order valence-electron chi connectivity index (χ0n) is 9.42. The van der Waals surface area contributed by atoms with Gasteiger partial charge in [-0.05, 0) is 55.9 Å². The summed E-state index contributed by atoms with van der Waals surface area (Å²) in [6, 6.07) is 5.90. The van der Waals surface area contributed by atoms with Crippen molar-refractivity contribution >= 4 is 21.7 Å². The largest absolute Gasteiger partial charge is 0.289 e. The van der Waals surface area contributed by atoms with E-state index in [4.69, 9.17) is 0 Å². The molecule has 0 spiro atoms. The van der Waals surface area contributed by atoms with Crippen LogP contribution in [-0.2, 0) is 0 Å². The summed E-state index contributed by atoms with van der Waals surface area (Å²) in [5, 5.41) is 0. The minimum atomic E-state index is 0.187. The van der Waals surface area contributed by atoms with Crippen molar-refractivity contribution in [2.75, 3.05) is 0 Å². The predicted molar refractivity (Wildman–Crippen MR) is 69.8 cm³/mol. The van der Waals surface area contributed by atoms with Gasteiger partial charge in [-0.2, -0.15) is 0 Å². The third-order valence-electron chi connectivity index (χ3n) is 2.95. The Balaban J connectivity index is 2.30. The summed E-state index contributed by atoms with van der Waals surface area (Å²) in [5.41, 5.74) is 2.94. The first kappa shape index (κ1) is 11.6. The number of allylic oxidation sites excluding steroid dienone is 2. The second-order valence-corrected chi connectivity index (χ2v) is 5.14. The molecule has 0 atom stereocenters. The van der Waals surface area contributed by atoms with Crippen molar-refractivity contribution in [3.05, 3.63) is 45.4 Å². The quantitative estimate of drug-likeness (QED) is 0.731. The van der Waals surface area contributed by atoms with Gasteiger partial charge in [0.1, 0.15) is 0 Å². The van der Waals surface area contributed by atoms with Crippen LogP contribution in [0, 0.1) is 6.92 Å². The Hall–Kier alpha value is -0.890. The van der Waals surface area contributed by atoms with Gasteiger partial charge >= 0.3 is 0 Å². The fourth-order valence-corrected chi connectivity index (χ4v) is 2.69. The summed E-state index contributed by atoms with van der Waals surface area (Å²) in [4.78, 5) is 12.2. The number of Topliss-reactive ketones (excluding diaryl/α,β-unsaturated/α-hetero) is 1. The van der Waals surface area contributed by atoms with Crippen LogP contribution < -0.4 is 0 Å². The van der Waals surface area contributed by atoms with Crippen molar-refractivity contribution in [1.29, 1.82) is 0 Å². The van der Waals surface area contributed by atoms with Gasteiger partial charge in [0.25, 0.3) is 0 Å². The molecule has 1 nitrogen and oxygen atoms in total. The minimum absolute atomic E-state index is 0.187. The number of rotatable bonds is 2. The normalized spacial score (nSPS) is 15.8. The standard InChI is InChI=1S/C14H15BrO/c1-10-7-8-12(13(15)9-10)14(16)11-5-3-2-4-6-11/h5,7-9H,2-4,6H2,1H3. The van der Waals surface area contributed by atoms with Crippen LogP contribution in [0.25, 0.3) is 0 Å². The summed E-state index contributed by atoms with van der Waals surface area (Å²) in [5.74, 6) is 0.187. The molecule has 0 bridgehead atoms. The van der Waals surface area contributed by atoms with E-state index >= 15 is 0 Å². The van der Waals surface area contributed by atoms with Crippen LogP contribution in [0.4, 0.5) is 0 Å². The van der Waals surface area contributed by atoms with Crippen molar-refractivity contribution < 1.29 is 4.79 Å². The van der Waals surface area contributed by atoms with Crippen LogP contribution in [0.15, 0.2) is 34.3 Å². The van der Waals surface area contributed by atoms with E-state index in [0.717, 1.165) is 34.9 Å². The Morgan fingerprint density at radius 2 is 2.12 bits per heavy atom. The molecule has 0 radical (unpaired) electrons.